The van der Waals surface area contributed by atoms with Gasteiger partial charge in [0, 0.05) is 40.3 Å². The van der Waals surface area contributed by atoms with Crippen LogP contribution < -0.4 is 15.8 Å². The summed E-state index contributed by atoms with van der Waals surface area (Å²) in [6.07, 6.45) is -4.91. The fraction of sp³-hybridized carbons (Fsp3) is 0.286. The number of anilines is 1. The summed E-state index contributed by atoms with van der Waals surface area (Å²) in [5.41, 5.74) is 4.55. The lowest BCUT2D eigenvalue weighted by Gasteiger charge is -2.44. The summed E-state index contributed by atoms with van der Waals surface area (Å²) in [5.74, 6) is -2.99. The minimum absolute atomic E-state index is 0.214. The molecule has 43 heavy (non-hydrogen) atoms. The second-order valence-corrected chi connectivity index (χ2v) is 12.8. The third-order valence-corrected chi connectivity index (χ3v) is 8.77. The SMILES string of the molecule is NC(=O)[C@H](CO)NC(=O)c1cc(NS(=O)(=O)CC2CN(C(c3ccc(Cl)cc3)c3ccc(Cl)cc3)C2)cc(C(F)(F)F)c1. The standard InChI is InChI=1S/C28H27Cl2F3N4O5S/c29-21-5-1-17(2-6-21)25(18-3-7-22(30)8-4-18)37-12-16(13-37)15-43(41,42)36-23-10-19(9-20(11-23)28(31,32)33)27(40)35-24(14-38)26(34)39/h1-11,16,24-25,36,38H,12-15H2,(H2,34,39)(H,35,40)/t24-/m0/s1. The Morgan fingerprint density at radius 1 is 0.977 bits per heavy atom. The number of likely N-dealkylation sites (tertiary alicyclic amines) is 1. The van der Waals surface area contributed by atoms with Crippen molar-refractivity contribution in [3.05, 3.63) is 99.0 Å². The van der Waals surface area contributed by atoms with Gasteiger partial charge in [0.05, 0.1) is 24.0 Å². The van der Waals surface area contributed by atoms with Crippen molar-refractivity contribution < 1.29 is 36.3 Å². The fourth-order valence-electron chi connectivity index (χ4n) is 4.79. The normalized spacial score (nSPS) is 15.1. The molecule has 3 aromatic carbocycles. The van der Waals surface area contributed by atoms with Gasteiger partial charge in [0.25, 0.3) is 5.91 Å². The van der Waals surface area contributed by atoms with Crippen molar-refractivity contribution in [3.8, 4) is 0 Å². The average Bonchev–Trinajstić information content (AvgIpc) is 2.91. The van der Waals surface area contributed by atoms with Crippen LogP contribution in [0.5, 0.6) is 0 Å². The van der Waals surface area contributed by atoms with Crippen LogP contribution in [0.15, 0.2) is 66.7 Å². The molecule has 4 rings (SSSR count). The quantitative estimate of drug-likeness (QED) is 0.245. The highest BCUT2D eigenvalue weighted by Crippen LogP contribution is 2.36. The smallest absolute Gasteiger partial charge is 0.394 e. The van der Waals surface area contributed by atoms with Crippen molar-refractivity contribution in [2.75, 3.05) is 30.2 Å². The number of nitrogens with one attached hydrogen (secondary N) is 2. The lowest BCUT2D eigenvalue weighted by atomic mass is 9.91. The molecule has 0 saturated carbocycles. The molecule has 1 aliphatic rings. The number of carbonyl (C=O) groups excluding carboxylic acids is 2. The maximum absolute atomic E-state index is 13.6. The number of halogens is 5. The minimum atomic E-state index is -4.91. The molecule has 0 spiro atoms. The van der Waals surface area contributed by atoms with Gasteiger partial charge < -0.3 is 16.2 Å². The Labute approximate surface area is 255 Å². The second-order valence-electron chi connectivity index (χ2n) is 10.1. The first-order chi connectivity index (χ1) is 20.1. The number of carbonyl (C=O) groups is 2. The highest BCUT2D eigenvalue weighted by atomic mass is 35.5. The summed E-state index contributed by atoms with van der Waals surface area (Å²) in [6, 6.07) is 14.7. The number of nitrogens with two attached hydrogens (primary N) is 1. The minimum Gasteiger partial charge on any atom is -0.394 e. The molecule has 1 heterocycles. The van der Waals surface area contributed by atoms with Gasteiger partial charge in [-0.15, -0.1) is 0 Å². The number of benzene rings is 3. The topological polar surface area (TPSA) is 142 Å². The lowest BCUT2D eigenvalue weighted by Crippen LogP contribution is -2.51. The number of hydrogen-bond donors (Lipinski definition) is 4. The van der Waals surface area contributed by atoms with Crippen LogP contribution >= 0.6 is 23.2 Å². The summed E-state index contributed by atoms with van der Waals surface area (Å²) in [5, 5.41) is 12.3. The number of alkyl halides is 3. The highest BCUT2D eigenvalue weighted by Gasteiger charge is 2.37. The molecule has 1 saturated heterocycles. The molecule has 15 heteroatoms. The van der Waals surface area contributed by atoms with E-state index >= 15 is 0 Å². The highest BCUT2D eigenvalue weighted by molar-refractivity contribution is 7.92. The molecular formula is C28H27Cl2F3N4O5S. The molecule has 0 unspecified atom stereocenters. The second kappa shape index (κ2) is 13.1. The Morgan fingerprint density at radius 3 is 1.98 bits per heavy atom. The summed E-state index contributed by atoms with van der Waals surface area (Å²) >= 11 is 12.1. The van der Waals surface area contributed by atoms with E-state index in [-0.39, 0.29) is 17.7 Å². The van der Waals surface area contributed by atoms with Gasteiger partial charge in [-0.2, -0.15) is 13.2 Å². The van der Waals surface area contributed by atoms with Gasteiger partial charge >= 0.3 is 6.18 Å². The van der Waals surface area contributed by atoms with Gasteiger partial charge in [-0.25, -0.2) is 8.42 Å². The summed E-state index contributed by atoms with van der Waals surface area (Å²) in [4.78, 5) is 25.9. The molecule has 1 atom stereocenters. The molecule has 0 radical (unpaired) electrons. The van der Waals surface area contributed by atoms with E-state index in [0.717, 1.165) is 17.2 Å². The van der Waals surface area contributed by atoms with Crippen LogP contribution in [0.3, 0.4) is 0 Å². The van der Waals surface area contributed by atoms with E-state index in [1.54, 1.807) is 24.3 Å². The van der Waals surface area contributed by atoms with Crippen LogP contribution in [-0.2, 0) is 21.0 Å². The number of aliphatic hydroxyl groups excluding tert-OH is 1. The molecule has 230 valence electrons. The molecule has 5 N–H and O–H groups in total. The number of rotatable bonds is 11. The number of aliphatic hydroxyl groups is 1. The first-order valence-corrected chi connectivity index (χ1v) is 15.2. The molecular weight excluding hydrogens is 632 g/mol. The van der Waals surface area contributed by atoms with Gasteiger partial charge in [0.1, 0.15) is 6.04 Å². The zero-order valence-corrected chi connectivity index (χ0v) is 24.6. The maximum Gasteiger partial charge on any atom is 0.416 e. The average molecular weight is 660 g/mol. The van der Waals surface area contributed by atoms with E-state index in [2.05, 4.69) is 9.62 Å². The van der Waals surface area contributed by atoms with E-state index in [1.165, 1.54) is 0 Å². The number of nitrogens with zero attached hydrogens (tertiary/aromatic N) is 1. The third-order valence-electron chi connectivity index (χ3n) is 6.80. The Hall–Kier alpha value is -3.36. The predicted molar refractivity (Wildman–Crippen MR) is 156 cm³/mol. The predicted octanol–water partition coefficient (Wildman–Crippen LogP) is 4.05. The summed E-state index contributed by atoms with van der Waals surface area (Å²) in [7, 11) is -4.15. The Balaban J connectivity index is 1.49. The van der Waals surface area contributed by atoms with Crippen molar-refractivity contribution in [2.24, 2.45) is 11.7 Å². The molecule has 0 bridgehead atoms. The Bertz CT molecular complexity index is 1540. The van der Waals surface area contributed by atoms with E-state index in [4.69, 9.17) is 28.9 Å². The number of amides is 2. The number of hydrogen-bond acceptors (Lipinski definition) is 6. The van der Waals surface area contributed by atoms with E-state index in [9.17, 15) is 36.3 Å². The molecule has 1 aliphatic heterocycles. The van der Waals surface area contributed by atoms with Gasteiger partial charge in [0.2, 0.25) is 15.9 Å². The van der Waals surface area contributed by atoms with Crippen molar-refractivity contribution in [3.63, 3.8) is 0 Å². The van der Waals surface area contributed by atoms with Gasteiger partial charge in [-0.1, -0.05) is 47.5 Å². The zero-order valence-electron chi connectivity index (χ0n) is 22.3. The summed E-state index contributed by atoms with van der Waals surface area (Å²) in [6.45, 7) is -0.125. The molecule has 2 amide bonds. The Morgan fingerprint density at radius 2 is 1.51 bits per heavy atom. The third kappa shape index (κ3) is 8.39. The van der Waals surface area contributed by atoms with E-state index in [1.807, 2.05) is 29.6 Å². The molecule has 9 nitrogen and oxygen atoms in total. The molecule has 0 aliphatic carbocycles. The van der Waals surface area contributed by atoms with Gasteiger partial charge in [-0.3, -0.25) is 19.2 Å². The first-order valence-electron chi connectivity index (χ1n) is 12.8. The molecule has 1 fully saturated rings. The first kappa shape index (κ1) is 32.6. The van der Waals surface area contributed by atoms with Gasteiger partial charge in [-0.05, 0) is 53.6 Å². The number of sulfonamides is 1. The monoisotopic (exact) mass is 658 g/mol. The van der Waals surface area contributed by atoms with Crippen LogP contribution in [0.4, 0.5) is 18.9 Å². The molecule has 0 aromatic heterocycles. The largest absolute Gasteiger partial charge is 0.416 e. The van der Waals surface area contributed by atoms with Crippen molar-refractivity contribution in [1.82, 2.24) is 10.2 Å². The van der Waals surface area contributed by atoms with E-state index in [0.29, 0.717) is 35.3 Å². The maximum atomic E-state index is 13.6. The van der Waals surface area contributed by atoms with Gasteiger partial charge in [0.15, 0.2) is 0 Å². The number of primary amides is 1. The van der Waals surface area contributed by atoms with Crippen LogP contribution in [0.25, 0.3) is 0 Å². The van der Waals surface area contributed by atoms with Crippen LogP contribution in [0, 0.1) is 5.92 Å². The van der Waals surface area contributed by atoms with Crippen molar-refractivity contribution in [1.29, 1.82) is 0 Å². The van der Waals surface area contributed by atoms with Crippen molar-refractivity contribution in [2.45, 2.75) is 18.3 Å². The lowest BCUT2D eigenvalue weighted by molar-refractivity contribution is -0.137. The zero-order chi connectivity index (χ0) is 31.5. The van der Waals surface area contributed by atoms with Crippen molar-refractivity contribution >= 4 is 50.7 Å². The Kier molecular flexibility index (Phi) is 9.92. The molecule has 3 aromatic rings. The fourth-order valence-corrected chi connectivity index (χ4v) is 6.44. The summed E-state index contributed by atoms with van der Waals surface area (Å²) < 4.78 is 68.9. The van der Waals surface area contributed by atoms with E-state index < -0.39 is 57.5 Å². The van der Waals surface area contributed by atoms with Crippen LogP contribution in [-0.4, -0.2) is 61.7 Å². The van der Waals surface area contributed by atoms with Crippen LogP contribution in [0.1, 0.15) is 33.1 Å². The van der Waals surface area contributed by atoms with Crippen LogP contribution in [0.2, 0.25) is 10.0 Å².